The van der Waals surface area contributed by atoms with Gasteiger partial charge in [0.05, 0.1) is 12.2 Å². The molecule has 5 nitrogen and oxygen atoms in total. The Kier molecular flexibility index (Phi) is 8.99. The van der Waals surface area contributed by atoms with Gasteiger partial charge in [-0.3, -0.25) is 0 Å². The summed E-state index contributed by atoms with van der Waals surface area (Å²) < 4.78 is 11.7. The van der Waals surface area contributed by atoms with Crippen molar-refractivity contribution in [2.75, 3.05) is 6.61 Å². The summed E-state index contributed by atoms with van der Waals surface area (Å²) in [4.78, 5) is 12.1. The zero-order valence-electron chi connectivity index (χ0n) is 16.1. The summed E-state index contributed by atoms with van der Waals surface area (Å²) in [5.41, 5.74) is 2.42. The third-order valence-corrected chi connectivity index (χ3v) is 4.97. The molecule has 0 amide bonds. The summed E-state index contributed by atoms with van der Waals surface area (Å²) in [6.45, 7) is 4.38. The molecule has 29 heavy (non-hydrogen) atoms. The number of carbonyl (C=O) groups is 1. The Morgan fingerprint density at radius 3 is 2.38 bits per heavy atom. The van der Waals surface area contributed by atoms with Crippen molar-refractivity contribution >= 4 is 29.7 Å². The van der Waals surface area contributed by atoms with Gasteiger partial charge in [-0.15, -0.1) is 23.7 Å². The first-order chi connectivity index (χ1) is 13.7. The number of aromatic carboxylic acids is 1. The Hall–Kier alpha value is -2.54. The minimum Gasteiger partial charge on any atom is -0.490 e. The molecule has 1 aromatic heterocycles. The molecule has 3 aromatic rings. The first kappa shape index (κ1) is 22.7. The Labute approximate surface area is 180 Å². The molecule has 0 aliphatic rings. The minimum absolute atomic E-state index is 0. The number of halogens is 1. The number of thiophene rings is 1. The maximum absolute atomic E-state index is 10.9. The van der Waals surface area contributed by atoms with E-state index in [1.807, 2.05) is 54.8 Å². The Balaban J connectivity index is 0.00000300. The van der Waals surface area contributed by atoms with Crippen molar-refractivity contribution < 1.29 is 19.4 Å². The average Bonchev–Trinajstić information content (AvgIpc) is 3.22. The molecule has 0 saturated carbocycles. The average molecular weight is 434 g/mol. The second-order valence-electron chi connectivity index (χ2n) is 6.19. The van der Waals surface area contributed by atoms with E-state index in [1.54, 1.807) is 23.5 Å². The highest BCUT2D eigenvalue weighted by Gasteiger charge is 2.08. The molecular formula is C22H24ClNO4S. The maximum atomic E-state index is 10.9. The van der Waals surface area contributed by atoms with E-state index in [0.29, 0.717) is 31.9 Å². The Morgan fingerprint density at radius 1 is 1.00 bits per heavy atom. The van der Waals surface area contributed by atoms with Gasteiger partial charge in [0.1, 0.15) is 6.61 Å². The lowest BCUT2D eigenvalue weighted by atomic mass is 10.1. The van der Waals surface area contributed by atoms with E-state index in [0.717, 1.165) is 22.6 Å². The van der Waals surface area contributed by atoms with Gasteiger partial charge in [0.15, 0.2) is 11.5 Å². The molecule has 7 heteroatoms. The highest BCUT2D eigenvalue weighted by atomic mass is 35.5. The Bertz CT molecular complexity index is 898. The summed E-state index contributed by atoms with van der Waals surface area (Å²) in [7, 11) is 0. The number of benzene rings is 2. The van der Waals surface area contributed by atoms with Crippen molar-refractivity contribution in [2.45, 2.75) is 26.6 Å². The van der Waals surface area contributed by atoms with Gasteiger partial charge in [-0.25, -0.2) is 4.79 Å². The van der Waals surface area contributed by atoms with Crippen LogP contribution in [0.5, 0.6) is 11.5 Å². The van der Waals surface area contributed by atoms with Crippen LogP contribution in [0, 0.1) is 0 Å². The molecule has 3 rings (SSSR count). The predicted octanol–water partition coefficient (Wildman–Crippen LogP) is 5.14. The van der Waals surface area contributed by atoms with Gasteiger partial charge in [0.2, 0.25) is 0 Å². The smallest absolute Gasteiger partial charge is 0.335 e. The summed E-state index contributed by atoms with van der Waals surface area (Å²) in [6.07, 6.45) is 0. The summed E-state index contributed by atoms with van der Waals surface area (Å²) >= 11 is 1.67. The van der Waals surface area contributed by atoms with Gasteiger partial charge in [-0.2, -0.15) is 0 Å². The van der Waals surface area contributed by atoms with Crippen LogP contribution in [0.1, 0.15) is 33.3 Å². The maximum Gasteiger partial charge on any atom is 0.335 e. The first-order valence-electron chi connectivity index (χ1n) is 9.09. The SMILES string of the molecule is CCOc1cc(CNCc2ccc(C(=O)O)cc2)ccc1OCc1cccs1.Cl. The van der Waals surface area contributed by atoms with Crippen molar-refractivity contribution in [3.05, 3.63) is 81.5 Å². The second kappa shape index (κ2) is 11.5. The molecule has 0 spiro atoms. The number of ether oxygens (including phenoxy) is 2. The molecule has 0 bridgehead atoms. The van der Waals surface area contributed by atoms with Crippen molar-refractivity contribution in [1.29, 1.82) is 0 Å². The van der Waals surface area contributed by atoms with Crippen molar-refractivity contribution in [3.8, 4) is 11.5 Å². The lowest BCUT2D eigenvalue weighted by Gasteiger charge is -2.13. The van der Waals surface area contributed by atoms with Crippen LogP contribution in [-0.4, -0.2) is 17.7 Å². The second-order valence-corrected chi connectivity index (χ2v) is 7.22. The van der Waals surface area contributed by atoms with Gasteiger partial charge in [0.25, 0.3) is 0 Å². The standard InChI is InChI=1S/C22H23NO4S.ClH/c1-2-26-21-12-17(7-10-20(21)27-15-19-4-3-11-28-19)14-23-13-16-5-8-18(9-6-16)22(24)25;/h3-12,23H,2,13-15H2,1H3,(H,24,25);1H. The first-order valence-corrected chi connectivity index (χ1v) is 9.97. The normalized spacial score (nSPS) is 10.2. The molecular weight excluding hydrogens is 410 g/mol. The van der Waals surface area contributed by atoms with Gasteiger partial charge in [0, 0.05) is 18.0 Å². The van der Waals surface area contributed by atoms with E-state index >= 15 is 0 Å². The van der Waals surface area contributed by atoms with Crippen LogP contribution in [0.25, 0.3) is 0 Å². The summed E-state index contributed by atoms with van der Waals surface area (Å²) in [5.74, 6) is 0.566. The molecule has 2 N–H and O–H groups in total. The van der Waals surface area contributed by atoms with Crippen LogP contribution in [0.3, 0.4) is 0 Å². The fourth-order valence-electron chi connectivity index (χ4n) is 2.71. The predicted molar refractivity (Wildman–Crippen MR) is 117 cm³/mol. The minimum atomic E-state index is -0.913. The van der Waals surface area contributed by atoms with Gasteiger partial charge in [-0.1, -0.05) is 24.3 Å². The van der Waals surface area contributed by atoms with Crippen LogP contribution in [0.4, 0.5) is 0 Å². The van der Waals surface area contributed by atoms with Crippen LogP contribution in [0.2, 0.25) is 0 Å². The molecule has 154 valence electrons. The largest absolute Gasteiger partial charge is 0.490 e. The number of hydrogen-bond acceptors (Lipinski definition) is 5. The molecule has 0 saturated heterocycles. The van der Waals surface area contributed by atoms with Gasteiger partial charge >= 0.3 is 5.97 Å². The molecule has 2 aromatic carbocycles. The lowest BCUT2D eigenvalue weighted by molar-refractivity contribution is 0.0697. The van der Waals surface area contributed by atoms with E-state index in [-0.39, 0.29) is 12.4 Å². The number of nitrogens with one attached hydrogen (secondary N) is 1. The number of rotatable bonds is 10. The van der Waals surface area contributed by atoms with Crippen molar-refractivity contribution in [2.24, 2.45) is 0 Å². The summed E-state index contributed by atoms with van der Waals surface area (Å²) in [5, 5.41) is 14.3. The van der Waals surface area contributed by atoms with E-state index in [4.69, 9.17) is 14.6 Å². The monoisotopic (exact) mass is 433 g/mol. The fraction of sp³-hybridized carbons (Fsp3) is 0.227. The van der Waals surface area contributed by atoms with E-state index in [1.165, 1.54) is 4.88 Å². The van der Waals surface area contributed by atoms with Gasteiger partial charge < -0.3 is 19.9 Å². The molecule has 0 aliphatic heterocycles. The number of hydrogen-bond donors (Lipinski definition) is 2. The van der Waals surface area contributed by atoms with E-state index < -0.39 is 5.97 Å². The molecule has 0 unspecified atom stereocenters. The van der Waals surface area contributed by atoms with Crippen LogP contribution >= 0.6 is 23.7 Å². The highest BCUT2D eigenvalue weighted by Crippen LogP contribution is 2.29. The third kappa shape index (κ3) is 6.78. The lowest BCUT2D eigenvalue weighted by Crippen LogP contribution is -2.13. The fourth-order valence-corrected chi connectivity index (χ4v) is 3.33. The summed E-state index contributed by atoms with van der Waals surface area (Å²) in [6, 6.07) is 16.9. The topological polar surface area (TPSA) is 67.8 Å². The molecule has 0 fully saturated rings. The molecule has 0 radical (unpaired) electrons. The van der Waals surface area contributed by atoms with Crippen molar-refractivity contribution in [1.82, 2.24) is 5.32 Å². The van der Waals surface area contributed by atoms with Crippen molar-refractivity contribution in [3.63, 3.8) is 0 Å². The molecule has 0 aliphatic carbocycles. The van der Waals surface area contributed by atoms with Crippen LogP contribution in [0.15, 0.2) is 60.0 Å². The van der Waals surface area contributed by atoms with Crippen LogP contribution < -0.4 is 14.8 Å². The number of carboxylic acids is 1. The third-order valence-electron chi connectivity index (χ3n) is 4.12. The van der Waals surface area contributed by atoms with E-state index in [2.05, 4.69) is 5.32 Å². The zero-order valence-corrected chi connectivity index (χ0v) is 17.7. The zero-order chi connectivity index (χ0) is 19.8. The Morgan fingerprint density at radius 2 is 1.72 bits per heavy atom. The van der Waals surface area contributed by atoms with E-state index in [9.17, 15) is 4.79 Å². The van der Waals surface area contributed by atoms with Crippen LogP contribution in [-0.2, 0) is 19.7 Å². The van der Waals surface area contributed by atoms with Gasteiger partial charge in [-0.05, 0) is 53.8 Å². The number of carboxylic acid groups (broad SMARTS) is 1. The molecule has 1 heterocycles. The highest BCUT2D eigenvalue weighted by molar-refractivity contribution is 7.09. The quantitative estimate of drug-likeness (QED) is 0.463. The molecule has 0 atom stereocenters.